The molecule has 0 radical (unpaired) electrons. The molecule has 2 aromatic rings. The van der Waals surface area contributed by atoms with Crippen molar-refractivity contribution in [3.8, 4) is 11.5 Å². The van der Waals surface area contributed by atoms with Gasteiger partial charge in [-0.05, 0) is 25.1 Å². The van der Waals surface area contributed by atoms with E-state index in [9.17, 15) is 9.18 Å². The first-order valence-corrected chi connectivity index (χ1v) is 9.35. The second kappa shape index (κ2) is 12.7. The first kappa shape index (κ1) is 26.2. The molecule has 0 unspecified atom stereocenters. The van der Waals surface area contributed by atoms with E-state index in [1.165, 1.54) is 19.2 Å². The summed E-state index contributed by atoms with van der Waals surface area (Å²) in [5.41, 5.74) is 6.65. The Balaban J connectivity index is 0.00000480. The number of carbonyl (C=O) groups excluding carboxylic acids is 1. The Labute approximate surface area is 186 Å². The highest BCUT2D eigenvalue weighted by Gasteiger charge is 2.24. The van der Waals surface area contributed by atoms with Crippen molar-refractivity contribution >= 4 is 24.1 Å². The van der Waals surface area contributed by atoms with Gasteiger partial charge in [0.1, 0.15) is 29.8 Å². The Bertz CT molecular complexity index is 897. The molecular formula is C21H27ClFN3O5. The molecule has 8 nitrogen and oxygen atoms in total. The summed E-state index contributed by atoms with van der Waals surface area (Å²) < 4.78 is 30.4. The monoisotopic (exact) mass is 455 g/mol. The summed E-state index contributed by atoms with van der Waals surface area (Å²) in [4.78, 5) is 12.7. The molecule has 1 amide bonds. The average molecular weight is 456 g/mol. The van der Waals surface area contributed by atoms with Crippen molar-refractivity contribution in [1.82, 2.24) is 5.32 Å². The van der Waals surface area contributed by atoms with Crippen LogP contribution in [0.25, 0.3) is 0 Å². The second-order valence-electron chi connectivity index (χ2n) is 6.25. The van der Waals surface area contributed by atoms with E-state index in [0.717, 1.165) is 0 Å². The minimum atomic E-state index is -1.14. The number of aliphatic hydroxyl groups excluding tert-OH is 1. The molecule has 0 bridgehead atoms. The number of nitrogens with one attached hydrogen (secondary N) is 2. The van der Waals surface area contributed by atoms with Crippen LogP contribution in [0.2, 0.25) is 0 Å². The molecule has 10 heteroatoms. The number of hydrogen-bond donors (Lipinski definition) is 4. The van der Waals surface area contributed by atoms with Crippen molar-refractivity contribution in [3.63, 3.8) is 0 Å². The lowest BCUT2D eigenvalue weighted by molar-refractivity contribution is -0.133. The van der Waals surface area contributed by atoms with Crippen molar-refractivity contribution in [2.45, 2.75) is 19.6 Å². The number of benzene rings is 2. The van der Waals surface area contributed by atoms with E-state index in [1.54, 1.807) is 31.2 Å². The van der Waals surface area contributed by atoms with E-state index in [0.29, 0.717) is 22.6 Å². The number of amides is 1. The van der Waals surface area contributed by atoms with E-state index < -0.39 is 17.8 Å². The largest absolute Gasteiger partial charge is 0.497 e. The smallest absolute Gasteiger partial charge is 0.254 e. The molecule has 0 aliphatic carbocycles. The molecule has 0 aliphatic rings. The van der Waals surface area contributed by atoms with E-state index >= 15 is 0 Å². The Hall–Kier alpha value is -2.88. The standard InChI is InChI=1S/C21H26FN3O5.ClH/c1-3-29-19(16-7-6-15(28-2)11-17(16)22)21(27)25-12-14-5-4-13(20(23)24)10-18(14)30-9-8-26;/h4-7,10-11,19,26H,3,8-9,12H2,1-2H3,(H3,23,24)(H,25,27);1H/t19-;/m0./s1. The lowest BCUT2D eigenvalue weighted by atomic mass is 10.1. The highest BCUT2D eigenvalue weighted by molar-refractivity contribution is 5.95. The maximum atomic E-state index is 14.4. The number of ether oxygens (including phenoxy) is 3. The number of amidine groups is 1. The second-order valence-corrected chi connectivity index (χ2v) is 6.25. The molecule has 0 heterocycles. The number of halogens is 2. The fourth-order valence-corrected chi connectivity index (χ4v) is 2.75. The summed E-state index contributed by atoms with van der Waals surface area (Å²) in [5, 5.41) is 19.3. The van der Waals surface area contributed by atoms with Gasteiger partial charge in [0, 0.05) is 35.9 Å². The number of nitrogen functional groups attached to an aromatic ring is 1. The number of methoxy groups -OCH3 is 1. The van der Waals surface area contributed by atoms with Crippen LogP contribution in [0.15, 0.2) is 36.4 Å². The van der Waals surface area contributed by atoms with Crippen molar-refractivity contribution in [3.05, 3.63) is 58.9 Å². The first-order valence-electron chi connectivity index (χ1n) is 9.35. The van der Waals surface area contributed by atoms with Crippen LogP contribution in [0.5, 0.6) is 11.5 Å². The van der Waals surface area contributed by atoms with Gasteiger partial charge in [0.25, 0.3) is 5.91 Å². The van der Waals surface area contributed by atoms with Crippen LogP contribution >= 0.6 is 12.4 Å². The van der Waals surface area contributed by atoms with Gasteiger partial charge in [-0.15, -0.1) is 12.4 Å². The van der Waals surface area contributed by atoms with E-state index in [1.807, 2.05) is 0 Å². The average Bonchev–Trinajstić information content (AvgIpc) is 2.74. The molecule has 0 aliphatic heterocycles. The van der Waals surface area contributed by atoms with Crippen molar-refractivity contribution in [1.29, 1.82) is 5.41 Å². The van der Waals surface area contributed by atoms with E-state index in [4.69, 9.17) is 30.5 Å². The Morgan fingerprint density at radius 1 is 1.29 bits per heavy atom. The van der Waals surface area contributed by atoms with Crippen molar-refractivity contribution < 1.29 is 28.5 Å². The molecular weight excluding hydrogens is 429 g/mol. The van der Waals surface area contributed by atoms with Crippen LogP contribution in [-0.2, 0) is 16.1 Å². The van der Waals surface area contributed by atoms with Gasteiger partial charge in [0.2, 0.25) is 0 Å². The topological polar surface area (TPSA) is 127 Å². The lowest BCUT2D eigenvalue weighted by Crippen LogP contribution is -2.31. The van der Waals surface area contributed by atoms with Crippen LogP contribution in [-0.4, -0.2) is 43.8 Å². The van der Waals surface area contributed by atoms with Crippen LogP contribution in [0, 0.1) is 11.2 Å². The number of carbonyl (C=O) groups is 1. The third-order valence-electron chi connectivity index (χ3n) is 4.24. The third kappa shape index (κ3) is 7.09. The molecule has 0 spiro atoms. The summed E-state index contributed by atoms with van der Waals surface area (Å²) >= 11 is 0. The van der Waals surface area contributed by atoms with Gasteiger partial charge in [-0.1, -0.05) is 12.1 Å². The van der Waals surface area contributed by atoms with Gasteiger partial charge < -0.3 is 30.4 Å². The molecule has 2 aromatic carbocycles. The molecule has 0 fully saturated rings. The number of rotatable bonds is 11. The van der Waals surface area contributed by atoms with Crippen LogP contribution < -0.4 is 20.5 Å². The molecule has 31 heavy (non-hydrogen) atoms. The predicted octanol–water partition coefficient (Wildman–Crippen LogP) is 2.31. The molecule has 5 N–H and O–H groups in total. The maximum absolute atomic E-state index is 14.4. The number of aliphatic hydroxyl groups is 1. The van der Waals surface area contributed by atoms with Gasteiger partial charge in [0.15, 0.2) is 6.10 Å². The zero-order valence-corrected chi connectivity index (χ0v) is 18.1. The van der Waals surface area contributed by atoms with Gasteiger partial charge in [-0.25, -0.2) is 4.39 Å². The molecule has 170 valence electrons. The summed E-state index contributed by atoms with van der Waals surface area (Å²) in [7, 11) is 1.43. The zero-order valence-electron chi connectivity index (χ0n) is 17.3. The van der Waals surface area contributed by atoms with Gasteiger partial charge in [0.05, 0.1) is 13.7 Å². The summed E-state index contributed by atoms with van der Waals surface area (Å²) in [5.74, 6) is -0.556. The minimum Gasteiger partial charge on any atom is -0.497 e. The van der Waals surface area contributed by atoms with Gasteiger partial charge in [-0.3, -0.25) is 10.2 Å². The number of nitrogens with two attached hydrogens (primary N) is 1. The number of hydrogen-bond acceptors (Lipinski definition) is 6. The molecule has 0 saturated heterocycles. The van der Waals surface area contributed by atoms with Crippen LogP contribution in [0.3, 0.4) is 0 Å². The Kier molecular flexibility index (Phi) is 10.7. The molecule has 2 rings (SSSR count). The van der Waals surface area contributed by atoms with E-state index in [2.05, 4.69) is 5.32 Å². The fourth-order valence-electron chi connectivity index (χ4n) is 2.75. The summed E-state index contributed by atoms with van der Waals surface area (Å²) in [6.07, 6.45) is -1.14. The quantitative estimate of drug-likeness (QED) is 0.304. The Morgan fingerprint density at radius 3 is 2.61 bits per heavy atom. The highest BCUT2D eigenvalue weighted by Crippen LogP contribution is 2.26. The SMILES string of the molecule is CCO[C@H](C(=O)NCc1ccc(C(=N)N)cc1OCCO)c1ccc(OC)cc1F.Cl. The van der Waals surface area contributed by atoms with E-state index in [-0.39, 0.29) is 50.2 Å². The zero-order chi connectivity index (χ0) is 22.1. The third-order valence-corrected chi connectivity index (χ3v) is 4.24. The van der Waals surface area contributed by atoms with Crippen LogP contribution in [0.4, 0.5) is 4.39 Å². The molecule has 0 aromatic heterocycles. The van der Waals surface area contributed by atoms with Crippen molar-refractivity contribution in [2.24, 2.45) is 5.73 Å². The van der Waals surface area contributed by atoms with Crippen molar-refractivity contribution in [2.75, 3.05) is 26.9 Å². The normalized spacial score (nSPS) is 11.2. The summed E-state index contributed by atoms with van der Waals surface area (Å²) in [6.45, 7) is 1.84. The van der Waals surface area contributed by atoms with Gasteiger partial charge >= 0.3 is 0 Å². The Morgan fingerprint density at radius 2 is 2.03 bits per heavy atom. The maximum Gasteiger partial charge on any atom is 0.254 e. The highest BCUT2D eigenvalue weighted by atomic mass is 35.5. The fraction of sp³-hybridized carbons (Fsp3) is 0.333. The first-order chi connectivity index (χ1) is 14.4. The minimum absolute atomic E-state index is 0. The predicted molar refractivity (Wildman–Crippen MR) is 116 cm³/mol. The summed E-state index contributed by atoms with van der Waals surface area (Å²) in [6, 6.07) is 9.04. The van der Waals surface area contributed by atoms with Crippen LogP contribution in [0.1, 0.15) is 29.7 Å². The van der Waals surface area contributed by atoms with Gasteiger partial charge in [-0.2, -0.15) is 0 Å². The lowest BCUT2D eigenvalue weighted by Gasteiger charge is -2.19. The molecule has 1 atom stereocenters. The molecule has 0 saturated carbocycles.